The van der Waals surface area contributed by atoms with Crippen LogP contribution in [0.5, 0.6) is 0 Å². The standard InChI is InChI=1S/C11H6F4N2O2S/c12-6-2-4(1-5(3-6)11(13,14)15)8-7(9(18)19)17-10(16)20-8/h1-3H,(H2,16,17)(H,18,19). The fraction of sp³-hybridized carbons (Fsp3) is 0.0909. The molecule has 2 rings (SSSR count). The highest BCUT2D eigenvalue weighted by Gasteiger charge is 2.32. The smallest absolute Gasteiger partial charge is 0.416 e. The maximum absolute atomic E-state index is 13.3. The summed E-state index contributed by atoms with van der Waals surface area (Å²) in [5, 5.41) is 8.78. The predicted molar refractivity (Wildman–Crippen MR) is 63.9 cm³/mol. The second-order valence-corrected chi connectivity index (χ2v) is 4.79. The zero-order valence-corrected chi connectivity index (χ0v) is 10.3. The van der Waals surface area contributed by atoms with E-state index in [9.17, 15) is 22.4 Å². The van der Waals surface area contributed by atoms with Gasteiger partial charge in [0.15, 0.2) is 10.8 Å². The third-order valence-electron chi connectivity index (χ3n) is 2.33. The molecule has 1 heterocycles. The predicted octanol–water partition coefficient (Wildman–Crippen LogP) is 3.25. The molecule has 0 saturated heterocycles. The highest BCUT2D eigenvalue weighted by Crippen LogP contribution is 2.37. The fourth-order valence-corrected chi connectivity index (χ4v) is 2.37. The highest BCUT2D eigenvalue weighted by atomic mass is 32.1. The molecule has 0 aliphatic carbocycles. The molecule has 0 unspecified atom stereocenters. The number of alkyl halides is 3. The Balaban J connectivity index is 2.64. The summed E-state index contributed by atoms with van der Waals surface area (Å²) in [6.07, 6.45) is -4.74. The van der Waals surface area contributed by atoms with Crippen LogP contribution in [0.3, 0.4) is 0 Å². The van der Waals surface area contributed by atoms with Crippen LogP contribution in [-0.2, 0) is 6.18 Å². The summed E-state index contributed by atoms with van der Waals surface area (Å²) in [6, 6.07) is 1.78. The molecule has 106 valence electrons. The Labute approximate surface area is 113 Å². The van der Waals surface area contributed by atoms with Crippen molar-refractivity contribution >= 4 is 22.4 Å². The number of carboxylic acids is 1. The van der Waals surface area contributed by atoms with Gasteiger partial charge in [-0.2, -0.15) is 13.2 Å². The number of rotatable bonds is 2. The molecule has 0 fully saturated rings. The third kappa shape index (κ3) is 2.72. The van der Waals surface area contributed by atoms with Gasteiger partial charge in [0.1, 0.15) is 5.82 Å². The number of hydrogen-bond acceptors (Lipinski definition) is 4. The lowest BCUT2D eigenvalue weighted by Crippen LogP contribution is -2.06. The first-order valence-corrected chi connectivity index (χ1v) is 5.88. The Kier molecular flexibility index (Phi) is 3.38. The minimum absolute atomic E-state index is 0.125. The maximum Gasteiger partial charge on any atom is 0.416 e. The van der Waals surface area contributed by atoms with Crippen LogP contribution >= 0.6 is 11.3 Å². The van der Waals surface area contributed by atoms with Crippen LogP contribution < -0.4 is 5.73 Å². The number of aromatic nitrogens is 1. The van der Waals surface area contributed by atoms with Crippen LogP contribution in [-0.4, -0.2) is 16.1 Å². The molecule has 0 aliphatic heterocycles. The van der Waals surface area contributed by atoms with Crippen molar-refractivity contribution in [3.05, 3.63) is 35.3 Å². The number of halogens is 4. The molecule has 20 heavy (non-hydrogen) atoms. The van der Waals surface area contributed by atoms with Crippen LogP contribution in [0.2, 0.25) is 0 Å². The van der Waals surface area contributed by atoms with E-state index in [2.05, 4.69) is 4.98 Å². The topological polar surface area (TPSA) is 76.2 Å². The zero-order chi connectivity index (χ0) is 15.1. The number of carboxylic acid groups (broad SMARTS) is 1. The number of aromatic carboxylic acids is 1. The summed E-state index contributed by atoms with van der Waals surface area (Å²) in [5.41, 5.74) is 3.39. The van der Waals surface area contributed by atoms with E-state index in [1.807, 2.05) is 0 Å². The quantitative estimate of drug-likeness (QED) is 0.835. The van der Waals surface area contributed by atoms with Crippen molar-refractivity contribution in [3.8, 4) is 10.4 Å². The third-order valence-corrected chi connectivity index (χ3v) is 3.27. The SMILES string of the molecule is Nc1nc(C(=O)O)c(-c2cc(F)cc(C(F)(F)F)c2)s1. The Morgan fingerprint density at radius 2 is 1.95 bits per heavy atom. The molecular formula is C11H6F4N2O2S. The van der Waals surface area contributed by atoms with E-state index < -0.39 is 29.2 Å². The van der Waals surface area contributed by atoms with E-state index in [4.69, 9.17) is 10.8 Å². The van der Waals surface area contributed by atoms with Gasteiger partial charge in [-0.15, -0.1) is 0 Å². The Hall–Kier alpha value is -2.16. The van der Waals surface area contributed by atoms with Gasteiger partial charge >= 0.3 is 12.1 Å². The molecule has 4 nitrogen and oxygen atoms in total. The highest BCUT2D eigenvalue weighted by molar-refractivity contribution is 7.19. The maximum atomic E-state index is 13.3. The van der Waals surface area contributed by atoms with E-state index >= 15 is 0 Å². The van der Waals surface area contributed by atoms with Crippen molar-refractivity contribution in [2.75, 3.05) is 5.73 Å². The number of hydrogen-bond donors (Lipinski definition) is 2. The van der Waals surface area contributed by atoms with Gasteiger partial charge in [-0.05, 0) is 23.8 Å². The first-order chi connectivity index (χ1) is 9.18. The minimum Gasteiger partial charge on any atom is -0.476 e. The van der Waals surface area contributed by atoms with Crippen molar-refractivity contribution < 1.29 is 27.5 Å². The lowest BCUT2D eigenvalue weighted by Gasteiger charge is -2.08. The van der Waals surface area contributed by atoms with Gasteiger partial charge < -0.3 is 10.8 Å². The molecule has 9 heteroatoms. The largest absolute Gasteiger partial charge is 0.476 e. The van der Waals surface area contributed by atoms with Gasteiger partial charge in [-0.3, -0.25) is 0 Å². The summed E-state index contributed by atoms with van der Waals surface area (Å²) >= 11 is 0.676. The van der Waals surface area contributed by atoms with Crippen LogP contribution in [0.15, 0.2) is 18.2 Å². The molecule has 0 amide bonds. The average molecular weight is 306 g/mol. The van der Waals surface area contributed by atoms with Crippen LogP contribution in [0.4, 0.5) is 22.7 Å². The van der Waals surface area contributed by atoms with E-state index in [0.29, 0.717) is 23.5 Å². The monoisotopic (exact) mass is 306 g/mol. The molecule has 1 aromatic carbocycles. The molecule has 0 atom stereocenters. The molecule has 0 spiro atoms. The molecule has 3 N–H and O–H groups in total. The molecule has 0 bridgehead atoms. The summed E-state index contributed by atoms with van der Waals surface area (Å²) in [6.45, 7) is 0. The van der Waals surface area contributed by atoms with Crippen molar-refractivity contribution in [1.29, 1.82) is 0 Å². The Morgan fingerprint density at radius 1 is 1.30 bits per heavy atom. The molecule has 1 aromatic heterocycles. The molecule has 0 aliphatic rings. The Morgan fingerprint density at radius 3 is 2.50 bits per heavy atom. The number of anilines is 1. The van der Waals surface area contributed by atoms with Gasteiger partial charge in [-0.25, -0.2) is 14.2 Å². The summed E-state index contributed by atoms with van der Waals surface area (Å²) in [7, 11) is 0. The average Bonchev–Trinajstić information content (AvgIpc) is 2.69. The zero-order valence-electron chi connectivity index (χ0n) is 9.53. The second kappa shape index (κ2) is 4.75. The summed E-state index contributed by atoms with van der Waals surface area (Å²) < 4.78 is 51.1. The number of nitrogens with zero attached hydrogens (tertiary/aromatic N) is 1. The van der Waals surface area contributed by atoms with Crippen molar-refractivity contribution in [1.82, 2.24) is 4.98 Å². The van der Waals surface area contributed by atoms with E-state index in [0.717, 1.165) is 6.07 Å². The number of carbonyl (C=O) groups is 1. The molecule has 0 saturated carbocycles. The van der Waals surface area contributed by atoms with Crippen molar-refractivity contribution in [2.45, 2.75) is 6.18 Å². The summed E-state index contributed by atoms with van der Waals surface area (Å²) in [5.74, 6) is -2.58. The van der Waals surface area contributed by atoms with Gasteiger partial charge in [0, 0.05) is 0 Å². The first-order valence-electron chi connectivity index (χ1n) is 5.06. The van der Waals surface area contributed by atoms with Crippen LogP contribution in [0.25, 0.3) is 10.4 Å². The molecule has 0 radical (unpaired) electrons. The number of nitrogens with two attached hydrogens (primary N) is 1. The number of nitrogen functional groups attached to an aromatic ring is 1. The normalized spacial score (nSPS) is 11.6. The van der Waals surface area contributed by atoms with E-state index in [1.54, 1.807) is 0 Å². The van der Waals surface area contributed by atoms with Crippen molar-refractivity contribution in [2.24, 2.45) is 0 Å². The van der Waals surface area contributed by atoms with Gasteiger partial charge in [0.2, 0.25) is 0 Å². The lowest BCUT2D eigenvalue weighted by molar-refractivity contribution is -0.137. The van der Waals surface area contributed by atoms with E-state index in [1.165, 1.54) is 0 Å². The lowest BCUT2D eigenvalue weighted by atomic mass is 10.1. The van der Waals surface area contributed by atoms with Crippen LogP contribution in [0.1, 0.15) is 16.1 Å². The molecular weight excluding hydrogens is 300 g/mol. The second-order valence-electron chi connectivity index (χ2n) is 3.76. The Bertz CT molecular complexity index is 682. The van der Waals surface area contributed by atoms with Gasteiger partial charge in [0.05, 0.1) is 10.4 Å². The minimum atomic E-state index is -4.74. The molecule has 2 aromatic rings. The number of benzene rings is 1. The van der Waals surface area contributed by atoms with Gasteiger partial charge in [-0.1, -0.05) is 11.3 Å². The number of thiazole rings is 1. The fourth-order valence-electron chi connectivity index (χ4n) is 1.56. The first kappa shape index (κ1) is 14.3. The van der Waals surface area contributed by atoms with Crippen LogP contribution in [0, 0.1) is 5.82 Å². The van der Waals surface area contributed by atoms with E-state index in [-0.39, 0.29) is 15.6 Å². The van der Waals surface area contributed by atoms with Crippen molar-refractivity contribution in [3.63, 3.8) is 0 Å². The van der Waals surface area contributed by atoms with Gasteiger partial charge in [0.25, 0.3) is 0 Å². The summed E-state index contributed by atoms with van der Waals surface area (Å²) in [4.78, 5) is 14.3.